The van der Waals surface area contributed by atoms with Crippen molar-refractivity contribution in [3.8, 4) is 0 Å². The third-order valence-electron chi connectivity index (χ3n) is 2.40. The summed E-state index contributed by atoms with van der Waals surface area (Å²) in [4.78, 5) is 16.8. The highest BCUT2D eigenvalue weighted by atomic mass is 16.1. The van der Waals surface area contributed by atoms with Crippen LogP contribution in [-0.2, 0) is 4.79 Å². The Labute approximate surface area is 82.9 Å². The molecule has 1 N–H and O–H groups in total. The largest absolute Gasteiger partial charge is 0.368 e. The number of aromatic nitrogens is 1. The quantitative estimate of drug-likeness (QED) is 0.671. The van der Waals surface area contributed by atoms with Crippen LogP contribution in [0.2, 0.25) is 0 Å². The van der Waals surface area contributed by atoms with E-state index in [-0.39, 0.29) is 6.04 Å². The van der Waals surface area contributed by atoms with Crippen LogP contribution in [0.25, 0.3) is 0 Å². The van der Waals surface area contributed by atoms with E-state index in [1.54, 1.807) is 12.4 Å². The number of hydrogen-bond acceptors (Lipinski definition) is 4. The highest BCUT2D eigenvalue weighted by molar-refractivity contribution is 5.60. The predicted molar refractivity (Wildman–Crippen MR) is 54.3 cm³/mol. The molecule has 0 spiro atoms. The molecular weight excluding hydrogens is 178 g/mol. The summed E-state index contributed by atoms with van der Waals surface area (Å²) in [5, 5.41) is 3.14. The number of nitrogens with zero attached hydrogens (tertiary/aromatic N) is 2. The number of piperazine rings is 1. The topological polar surface area (TPSA) is 45.2 Å². The molecule has 0 amide bonds. The van der Waals surface area contributed by atoms with Crippen molar-refractivity contribution in [3.63, 3.8) is 0 Å². The normalized spacial score (nSPS) is 22.0. The van der Waals surface area contributed by atoms with Crippen molar-refractivity contribution >= 4 is 12.0 Å². The molecule has 0 radical (unpaired) electrons. The first-order valence-corrected chi connectivity index (χ1v) is 4.74. The molecule has 4 heteroatoms. The third kappa shape index (κ3) is 1.90. The van der Waals surface area contributed by atoms with Crippen molar-refractivity contribution < 1.29 is 4.79 Å². The molecule has 1 atom stereocenters. The van der Waals surface area contributed by atoms with Crippen LogP contribution in [0.15, 0.2) is 24.5 Å². The fourth-order valence-corrected chi connectivity index (χ4v) is 1.66. The predicted octanol–water partition coefficient (Wildman–Crippen LogP) is 0.0587. The minimum absolute atomic E-state index is 0.0445. The lowest BCUT2D eigenvalue weighted by atomic mass is 10.2. The molecule has 1 unspecified atom stereocenters. The van der Waals surface area contributed by atoms with E-state index in [1.807, 2.05) is 12.1 Å². The van der Waals surface area contributed by atoms with E-state index in [0.29, 0.717) is 0 Å². The van der Waals surface area contributed by atoms with Crippen LogP contribution in [0.4, 0.5) is 5.69 Å². The summed E-state index contributed by atoms with van der Waals surface area (Å²) in [5.74, 6) is 0. The SMILES string of the molecule is O=CC1CN(c2ccncc2)CCN1. The van der Waals surface area contributed by atoms with E-state index < -0.39 is 0 Å². The van der Waals surface area contributed by atoms with Gasteiger partial charge in [0.25, 0.3) is 0 Å². The summed E-state index contributed by atoms with van der Waals surface area (Å²) in [7, 11) is 0. The van der Waals surface area contributed by atoms with E-state index >= 15 is 0 Å². The molecule has 1 saturated heterocycles. The maximum atomic E-state index is 10.6. The van der Waals surface area contributed by atoms with Gasteiger partial charge < -0.3 is 15.0 Å². The molecule has 2 heterocycles. The minimum Gasteiger partial charge on any atom is -0.368 e. The molecule has 0 saturated carbocycles. The first-order valence-electron chi connectivity index (χ1n) is 4.74. The van der Waals surface area contributed by atoms with E-state index in [2.05, 4.69) is 15.2 Å². The van der Waals surface area contributed by atoms with Gasteiger partial charge in [0, 0.05) is 37.7 Å². The lowest BCUT2D eigenvalue weighted by Crippen LogP contribution is -2.51. The highest BCUT2D eigenvalue weighted by Gasteiger charge is 2.18. The van der Waals surface area contributed by atoms with Crippen LogP contribution < -0.4 is 10.2 Å². The smallest absolute Gasteiger partial charge is 0.138 e. The van der Waals surface area contributed by atoms with E-state index in [1.165, 1.54) is 0 Å². The molecule has 1 aliphatic rings. The van der Waals surface area contributed by atoms with E-state index in [9.17, 15) is 4.79 Å². The maximum absolute atomic E-state index is 10.6. The van der Waals surface area contributed by atoms with Crippen molar-refractivity contribution in [2.75, 3.05) is 24.5 Å². The summed E-state index contributed by atoms with van der Waals surface area (Å²) in [6.07, 6.45) is 4.51. The highest BCUT2D eigenvalue weighted by Crippen LogP contribution is 2.13. The van der Waals surface area contributed by atoms with Crippen LogP contribution in [-0.4, -0.2) is 36.9 Å². The van der Waals surface area contributed by atoms with Gasteiger partial charge in [0.1, 0.15) is 6.29 Å². The third-order valence-corrected chi connectivity index (χ3v) is 2.40. The monoisotopic (exact) mass is 191 g/mol. The summed E-state index contributed by atoms with van der Waals surface area (Å²) in [6.45, 7) is 2.54. The Bertz CT molecular complexity index is 301. The number of nitrogens with one attached hydrogen (secondary N) is 1. The number of hydrogen-bond donors (Lipinski definition) is 1. The second-order valence-electron chi connectivity index (χ2n) is 3.35. The van der Waals surface area contributed by atoms with Gasteiger partial charge in [-0.2, -0.15) is 0 Å². The molecule has 0 aromatic carbocycles. The van der Waals surface area contributed by atoms with Crippen molar-refractivity contribution in [3.05, 3.63) is 24.5 Å². The van der Waals surface area contributed by atoms with Gasteiger partial charge in [-0.15, -0.1) is 0 Å². The number of rotatable bonds is 2. The second-order valence-corrected chi connectivity index (χ2v) is 3.35. The molecule has 1 aromatic heterocycles. The average Bonchev–Trinajstić information content (AvgIpc) is 2.30. The van der Waals surface area contributed by atoms with Crippen molar-refractivity contribution in [1.82, 2.24) is 10.3 Å². The first kappa shape index (κ1) is 9.15. The second kappa shape index (κ2) is 4.19. The standard InChI is InChI=1S/C10H13N3O/c14-8-9-7-13(6-5-12-9)10-1-3-11-4-2-10/h1-4,8-9,12H,5-7H2. The van der Waals surface area contributed by atoms with Gasteiger partial charge in [-0.05, 0) is 12.1 Å². The Balaban J connectivity index is 2.08. The Hall–Kier alpha value is -1.42. The molecule has 74 valence electrons. The van der Waals surface area contributed by atoms with Crippen molar-refractivity contribution in [2.45, 2.75) is 6.04 Å². The van der Waals surface area contributed by atoms with Gasteiger partial charge in [0.2, 0.25) is 0 Å². The summed E-state index contributed by atoms with van der Waals surface area (Å²) in [6, 6.07) is 3.89. The van der Waals surface area contributed by atoms with Crippen LogP contribution in [0.1, 0.15) is 0 Å². The molecule has 14 heavy (non-hydrogen) atoms. The molecule has 0 bridgehead atoms. The zero-order valence-electron chi connectivity index (χ0n) is 7.89. The van der Waals surface area contributed by atoms with E-state index in [0.717, 1.165) is 31.6 Å². The summed E-state index contributed by atoms with van der Waals surface area (Å²) < 4.78 is 0. The number of carbonyl (C=O) groups excluding carboxylic acids is 1. The van der Waals surface area contributed by atoms with Crippen LogP contribution in [0.5, 0.6) is 0 Å². The lowest BCUT2D eigenvalue weighted by molar-refractivity contribution is -0.109. The average molecular weight is 191 g/mol. The summed E-state index contributed by atoms with van der Waals surface area (Å²) >= 11 is 0. The van der Waals surface area contributed by atoms with Gasteiger partial charge in [0.15, 0.2) is 0 Å². The molecule has 4 nitrogen and oxygen atoms in total. The molecular formula is C10H13N3O. The number of aldehydes is 1. The van der Waals surface area contributed by atoms with Gasteiger partial charge in [-0.25, -0.2) is 0 Å². The zero-order valence-corrected chi connectivity index (χ0v) is 7.89. The van der Waals surface area contributed by atoms with E-state index in [4.69, 9.17) is 0 Å². The molecule has 1 aromatic rings. The fourth-order valence-electron chi connectivity index (χ4n) is 1.66. The minimum atomic E-state index is -0.0445. The number of pyridine rings is 1. The van der Waals surface area contributed by atoms with Crippen LogP contribution >= 0.6 is 0 Å². The van der Waals surface area contributed by atoms with Crippen LogP contribution in [0, 0.1) is 0 Å². The summed E-state index contributed by atoms with van der Waals surface area (Å²) in [5.41, 5.74) is 1.13. The molecule has 2 rings (SSSR count). The fraction of sp³-hybridized carbons (Fsp3) is 0.400. The molecule has 1 aliphatic heterocycles. The Morgan fingerprint density at radius 1 is 1.50 bits per heavy atom. The number of anilines is 1. The lowest BCUT2D eigenvalue weighted by Gasteiger charge is -2.32. The van der Waals surface area contributed by atoms with Gasteiger partial charge in [-0.1, -0.05) is 0 Å². The maximum Gasteiger partial charge on any atom is 0.138 e. The van der Waals surface area contributed by atoms with Gasteiger partial charge >= 0.3 is 0 Å². The Morgan fingerprint density at radius 3 is 3.00 bits per heavy atom. The van der Waals surface area contributed by atoms with Gasteiger partial charge in [0.05, 0.1) is 6.04 Å². The molecule has 0 aliphatic carbocycles. The van der Waals surface area contributed by atoms with Crippen molar-refractivity contribution in [2.24, 2.45) is 0 Å². The zero-order chi connectivity index (χ0) is 9.80. The van der Waals surface area contributed by atoms with Crippen molar-refractivity contribution in [1.29, 1.82) is 0 Å². The van der Waals surface area contributed by atoms with Gasteiger partial charge in [-0.3, -0.25) is 4.98 Å². The molecule has 1 fully saturated rings. The first-order chi connectivity index (χ1) is 6.90. The number of carbonyl (C=O) groups is 1. The van der Waals surface area contributed by atoms with Crippen LogP contribution in [0.3, 0.4) is 0 Å². The Kier molecular flexibility index (Phi) is 2.74. The Morgan fingerprint density at radius 2 is 2.29 bits per heavy atom.